The van der Waals surface area contributed by atoms with Crippen LogP contribution in [0.3, 0.4) is 0 Å². The molecule has 0 saturated heterocycles. The summed E-state index contributed by atoms with van der Waals surface area (Å²) in [4.78, 5) is 15.0. The minimum atomic E-state index is -0.780. The quantitative estimate of drug-likeness (QED) is 0.393. The molecule has 2 aliphatic rings. The fourth-order valence-corrected chi connectivity index (χ4v) is 4.67. The van der Waals surface area contributed by atoms with Gasteiger partial charge in [0.1, 0.15) is 29.2 Å². The summed E-state index contributed by atoms with van der Waals surface area (Å²) in [6.45, 7) is 7.76. The highest BCUT2D eigenvalue weighted by atomic mass is 19.1. The van der Waals surface area contributed by atoms with E-state index in [0.29, 0.717) is 46.4 Å². The molecule has 0 saturated carbocycles. The van der Waals surface area contributed by atoms with Crippen LogP contribution < -0.4 is 14.4 Å². The van der Waals surface area contributed by atoms with Gasteiger partial charge in [0.05, 0.1) is 31.9 Å². The van der Waals surface area contributed by atoms with Crippen LogP contribution in [0.4, 0.5) is 15.0 Å². The van der Waals surface area contributed by atoms with Crippen LogP contribution in [-0.2, 0) is 11.3 Å². The average Bonchev–Trinajstić information content (AvgIpc) is 3.55. The Morgan fingerprint density at radius 2 is 1.97 bits per heavy atom. The van der Waals surface area contributed by atoms with Crippen LogP contribution in [0, 0.1) is 12.7 Å². The van der Waals surface area contributed by atoms with E-state index in [1.54, 1.807) is 48.2 Å². The molecule has 0 N–H and O–H groups in total. The molecule has 36 heavy (non-hydrogen) atoms. The van der Waals surface area contributed by atoms with E-state index in [1.165, 1.54) is 17.3 Å². The van der Waals surface area contributed by atoms with Crippen molar-refractivity contribution in [2.75, 3.05) is 18.1 Å². The summed E-state index contributed by atoms with van der Waals surface area (Å²) in [7, 11) is 0. The highest BCUT2D eigenvalue weighted by Crippen LogP contribution is 2.43. The van der Waals surface area contributed by atoms with Crippen molar-refractivity contribution in [3.05, 3.63) is 59.4 Å². The molecule has 0 radical (unpaired) electrons. The van der Waals surface area contributed by atoms with Crippen LogP contribution in [0.15, 0.2) is 36.9 Å². The second kappa shape index (κ2) is 7.94. The molecule has 1 atom stereocenters. The van der Waals surface area contributed by atoms with E-state index in [9.17, 15) is 4.79 Å². The first-order valence-corrected chi connectivity index (χ1v) is 11.7. The van der Waals surface area contributed by atoms with Gasteiger partial charge in [0.2, 0.25) is 0 Å². The van der Waals surface area contributed by atoms with Gasteiger partial charge in [-0.25, -0.2) is 13.9 Å². The highest BCUT2D eigenvalue weighted by molar-refractivity contribution is 5.90. The van der Waals surface area contributed by atoms with E-state index in [-0.39, 0.29) is 19.1 Å². The van der Waals surface area contributed by atoms with E-state index in [1.807, 2.05) is 13.1 Å². The Morgan fingerprint density at radius 3 is 2.69 bits per heavy atom. The number of nitrogens with zero attached hydrogens (tertiary/aromatic N) is 6. The summed E-state index contributed by atoms with van der Waals surface area (Å²) < 4.78 is 36.5. The molecule has 4 aromatic rings. The number of pyridine rings is 1. The van der Waals surface area contributed by atoms with Crippen molar-refractivity contribution >= 4 is 17.6 Å². The van der Waals surface area contributed by atoms with Crippen LogP contribution in [0.25, 0.3) is 11.3 Å². The number of hydrogen-bond acceptors (Lipinski definition) is 7. The maximum absolute atomic E-state index is 15.3. The van der Waals surface area contributed by atoms with E-state index in [2.05, 4.69) is 15.3 Å². The minimum absolute atomic E-state index is 0.0896. The topological polar surface area (TPSA) is 96.0 Å². The Balaban J connectivity index is 1.60. The lowest BCUT2D eigenvalue weighted by Gasteiger charge is -2.29. The summed E-state index contributed by atoms with van der Waals surface area (Å²) in [5.74, 6) is 0.694. The lowest BCUT2D eigenvalue weighted by molar-refractivity contribution is 0.0574. The van der Waals surface area contributed by atoms with Crippen LogP contribution in [0.5, 0.6) is 11.5 Å². The number of aryl methyl sites for hydroxylation is 1. The number of amides is 1. The van der Waals surface area contributed by atoms with Crippen molar-refractivity contribution in [1.82, 2.24) is 24.4 Å². The third-order valence-electron chi connectivity index (χ3n) is 6.19. The third-order valence-corrected chi connectivity index (χ3v) is 6.19. The number of aromatic nitrogens is 5. The fraction of sp³-hybridized carbons (Fsp3) is 0.360. The molecule has 6 rings (SSSR count). The van der Waals surface area contributed by atoms with Gasteiger partial charge in [-0.2, -0.15) is 5.10 Å². The smallest absolute Gasteiger partial charge is 0.416 e. The average molecular weight is 493 g/mol. The van der Waals surface area contributed by atoms with Gasteiger partial charge >= 0.3 is 6.09 Å². The van der Waals surface area contributed by atoms with E-state index in [4.69, 9.17) is 14.2 Å². The van der Waals surface area contributed by atoms with E-state index >= 15 is 4.39 Å². The molecule has 0 bridgehead atoms. The van der Waals surface area contributed by atoms with Gasteiger partial charge in [0, 0.05) is 23.4 Å². The van der Waals surface area contributed by atoms with Crippen molar-refractivity contribution < 1.29 is 23.4 Å². The summed E-state index contributed by atoms with van der Waals surface area (Å²) in [5.41, 5.74) is 2.33. The lowest BCUT2D eigenvalue weighted by atomic mass is 9.95. The molecule has 0 unspecified atom stereocenters. The summed E-state index contributed by atoms with van der Waals surface area (Å²) >= 11 is 0. The van der Waals surface area contributed by atoms with E-state index in [0.717, 1.165) is 5.56 Å². The standard InChI is InChI=1S/C25H25FN6O4/c1-14-8-28-32(9-14)18-7-20-23(31-13-27-29-22(18)31)30(24(33)36-25(2,3)4)10-16-17(26)5-6-19-21(16)15(11-34-19)12-35-20/h5-9,13,15H,10-12H2,1-4H3/t15-/m1/s1. The van der Waals surface area contributed by atoms with Gasteiger partial charge < -0.3 is 14.2 Å². The molecule has 5 heterocycles. The number of anilines is 1. The van der Waals surface area contributed by atoms with Crippen LogP contribution in [0.2, 0.25) is 0 Å². The molecule has 0 spiro atoms. The highest BCUT2D eigenvalue weighted by Gasteiger charge is 2.37. The molecule has 3 aromatic heterocycles. The van der Waals surface area contributed by atoms with Gasteiger partial charge in [0.25, 0.3) is 0 Å². The first kappa shape index (κ1) is 22.3. The zero-order valence-electron chi connectivity index (χ0n) is 20.4. The molecule has 186 valence electrons. The molecule has 0 aliphatic carbocycles. The maximum Gasteiger partial charge on any atom is 0.416 e. The third kappa shape index (κ3) is 3.62. The van der Waals surface area contributed by atoms with Gasteiger partial charge in [-0.1, -0.05) is 0 Å². The Labute approximate surface area is 206 Å². The summed E-state index contributed by atoms with van der Waals surface area (Å²) in [6.07, 6.45) is 4.44. The van der Waals surface area contributed by atoms with Crippen LogP contribution in [0.1, 0.15) is 43.4 Å². The zero-order valence-corrected chi connectivity index (χ0v) is 20.4. The fourth-order valence-electron chi connectivity index (χ4n) is 4.67. The molecule has 0 fully saturated rings. The normalized spacial score (nSPS) is 16.9. The van der Waals surface area contributed by atoms with Gasteiger partial charge in [-0.3, -0.25) is 9.30 Å². The minimum Gasteiger partial charge on any atom is -0.493 e. The first-order valence-electron chi connectivity index (χ1n) is 11.7. The van der Waals surface area contributed by atoms with Crippen molar-refractivity contribution in [3.8, 4) is 17.2 Å². The van der Waals surface area contributed by atoms with Gasteiger partial charge in [-0.15, -0.1) is 10.2 Å². The van der Waals surface area contributed by atoms with Gasteiger partial charge in [0.15, 0.2) is 17.2 Å². The number of hydrogen-bond donors (Lipinski definition) is 0. The second-order valence-electron chi connectivity index (χ2n) is 10.0. The number of halogens is 1. The predicted molar refractivity (Wildman–Crippen MR) is 127 cm³/mol. The molecular formula is C25H25FN6O4. The second-order valence-corrected chi connectivity index (χ2v) is 10.0. The number of ether oxygens (including phenoxy) is 3. The van der Waals surface area contributed by atoms with E-state index < -0.39 is 17.5 Å². The zero-order chi connectivity index (χ0) is 25.2. The van der Waals surface area contributed by atoms with Crippen LogP contribution >= 0.6 is 0 Å². The lowest BCUT2D eigenvalue weighted by Crippen LogP contribution is -2.38. The number of carbonyl (C=O) groups is 1. The summed E-state index contributed by atoms with van der Waals surface area (Å²) in [5, 5.41) is 12.8. The van der Waals surface area contributed by atoms with Crippen LogP contribution in [-0.4, -0.2) is 49.3 Å². The van der Waals surface area contributed by atoms with Crippen molar-refractivity contribution in [2.45, 2.75) is 45.8 Å². The van der Waals surface area contributed by atoms with Crippen molar-refractivity contribution in [2.24, 2.45) is 0 Å². The SMILES string of the molecule is Cc1cnn(-c2cc3c(n4cnnc24)N(C(=O)OC(C)(C)C)Cc2c(F)ccc4c2[C@H](CO4)CO3)c1. The predicted octanol–water partition coefficient (Wildman–Crippen LogP) is 4.17. The van der Waals surface area contributed by atoms with Crippen molar-refractivity contribution in [1.29, 1.82) is 0 Å². The number of carbonyl (C=O) groups excluding carboxylic acids is 1. The monoisotopic (exact) mass is 492 g/mol. The molecule has 1 amide bonds. The number of rotatable bonds is 1. The molecule has 1 aromatic carbocycles. The largest absolute Gasteiger partial charge is 0.493 e. The Bertz CT molecular complexity index is 1500. The Morgan fingerprint density at radius 1 is 1.19 bits per heavy atom. The Hall–Kier alpha value is -4.15. The van der Waals surface area contributed by atoms with Crippen molar-refractivity contribution in [3.63, 3.8) is 0 Å². The first-order chi connectivity index (χ1) is 17.2. The number of fused-ring (bicyclic) bond motifs is 3. The Kier molecular flexibility index (Phi) is 4.92. The molecule has 11 heteroatoms. The molecule has 2 aliphatic heterocycles. The molecular weight excluding hydrogens is 467 g/mol. The van der Waals surface area contributed by atoms with Gasteiger partial charge in [-0.05, 0) is 45.4 Å². The molecule has 10 nitrogen and oxygen atoms in total. The maximum atomic E-state index is 15.3. The summed E-state index contributed by atoms with van der Waals surface area (Å²) in [6, 6.07) is 4.75. The number of benzene rings is 1.